The molecule has 27 heavy (non-hydrogen) atoms. The number of aromatic nitrogens is 4. The average molecular weight is 371 g/mol. The van der Waals surface area contributed by atoms with Crippen molar-refractivity contribution in [1.82, 2.24) is 20.1 Å². The Kier molecular flexibility index (Phi) is 4.18. The van der Waals surface area contributed by atoms with Crippen LogP contribution in [0.25, 0.3) is 5.82 Å². The number of carbonyl (C=O) groups is 1. The number of rotatable bonds is 4. The number of carbonyl (C=O) groups excluding carboxylic acids is 1. The highest BCUT2D eigenvalue weighted by Crippen LogP contribution is 2.52. The molecule has 2 aliphatic carbocycles. The van der Waals surface area contributed by atoms with E-state index < -0.39 is 0 Å². The van der Waals surface area contributed by atoms with Crippen LogP contribution in [-0.4, -0.2) is 38.4 Å². The van der Waals surface area contributed by atoms with Gasteiger partial charge in [-0.15, -0.1) is 0 Å². The summed E-state index contributed by atoms with van der Waals surface area (Å²) in [6, 6.07) is -0.373. The van der Waals surface area contributed by atoms with E-state index in [2.05, 4.69) is 15.4 Å². The van der Waals surface area contributed by atoms with Crippen LogP contribution in [-0.2, 0) is 6.42 Å². The number of nitrogens with one attached hydrogen (secondary N) is 1. The van der Waals surface area contributed by atoms with Crippen molar-refractivity contribution in [3.05, 3.63) is 40.7 Å². The SMILES string of the molecule is CC(C)(C)C(CO)NC(=O)c1nn(-c2c[n+]([O-])ccn2)c2c1CC1CCC21. The van der Waals surface area contributed by atoms with Crippen molar-refractivity contribution < 1.29 is 14.6 Å². The number of aliphatic hydroxyl groups excluding tert-OH is 1. The van der Waals surface area contributed by atoms with E-state index in [4.69, 9.17) is 0 Å². The Morgan fingerprint density at radius 2 is 2.26 bits per heavy atom. The van der Waals surface area contributed by atoms with E-state index in [-0.39, 0.29) is 24.0 Å². The second kappa shape index (κ2) is 6.30. The van der Waals surface area contributed by atoms with Gasteiger partial charge in [-0.2, -0.15) is 9.83 Å². The topological polar surface area (TPSA) is 107 Å². The van der Waals surface area contributed by atoms with Gasteiger partial charge in [0, 0.05) is 11.5 Å². The first-order valence-corrected chi connectivity index (χ1v) is 9.38. The number of nitrogens with zero attached hydrogens (tertiary/aromatic N) is 4. The van der Waals surface area contributed by atoms with Crippen molar-refractivity contribution >= 4 is 5.91 Å². The monoisotopic (exact) mass is 371 g/mol. The number of aliphatic hydroxyl groups is 1. The summed E-state index contributed by atoms with van der Waals surface area (Å²) in [6.07, 6.45) is 7.16. The summed E-state index contributed by atoms with van der Waals surface area (Å²) in [5.41, 5.74) is 2.06. The van der Waals surface area contributed by atoms with E-state index in [1.165, 1.54) is 18.6 Å². The first-order valence-electron chi connectivity index (χ1n) is 9.38. The maximum absolute atomic E-state index is 13.0. The fourth-order valence-corrected chi connectivity index (χ4v) is 4.08. The van der Waals surface area contributed by atoms with Crippen LogP contribution in [0.5, 0.6) is 0 Å². The van der Waals surface area contributed by atoms with E-state index in [1.807, 2.05) is 20.8 Å². The zero-order valence-corrected chi connectivity index (χ0v) is 15.8. The summed E-state index contributed by atoms with van der Waals surface area (Å²) in [5, 5.41) is 28.8. The van der Waals surface area contributed by atoms with Crippen LogP contribution in [0, 0.1) is 16.5 Å². The lowest BCUT2D eigenvalue weighted by atomic mass is 9.75. The third-order valence-electron chi connectivity index (χ3n) is 5.89. The molecule has 0 spiro atoms. The molecule has 8 heteroatoms. The maximum atomic E-state index is 13.0. The highest BCUT2D eigenvalue weighted by molar-refractivity contribution is 5.94. The first kappa shape index (κ1) is 17.9. The number of hydrogen-bond donors (Lipinski definition) is 2. The van der Waals surface area contributed by atoms with Crippen molar-refractivity contribution in [2.45, 2.75) is 52.0 Å². The summed E-state index contributed by atoms with van der Waals surface area (Å²) in [5.74, 6) is 1.04. The molecule has 3 unspecified atom stereocenters. The molecule has 2 heterocycles. The predicted octanol–water partition coefficient (Wildman–Crippen LogP) is 1.09. The third kappa shape index (κ3) is 2.97. The summed E-state index contributed by atoms with van der Waals surface area (Å²) < 4.78 is 2.35. The van der Waals surface area contributed by atoms with Crippen LogP contribution in [0.4, 0.5) is 0 Å². The van der Waals surface area contributed by atoms with Gasteiger partial charge in [0.1, 0.15) is 0 Å². The molecule has 2 aliphatic rings. The zero-order chi connectivity index (χ0) is 19.3. The Labute approximate surface area is 157 Å². The number of amides is 1. The Morgan fingerprint density at radius 3 is 2.85 bits per heavy atom. The van der Waals surface area contributed by atoms with Crippen molar-refractivity contribution in [2.75, 3.05) is 6.61 Å². The quantitative estimate of drug-likeness (QED) is 0.618. The van der Waals surface area contributed by atoms with Crippen molar-refractivity contribution in [2.24, 2.45) is 11.3 Å². The highest BCUT2D eigenvalue weighted by Gasteiger charge is 2.45. The van der Waals surface area contributed by atoms with E-state index in [0.29, 0.717) is 28.1 Å². The standard InChI is InChI=1S/C19H25N5O3/c1-19(2,3)14(10-25)21-18(26)16-13-8-11-4-5-12(11)17(13)24(22-16)15-9-23(27)7-6-20-15/h6-7,9,11-12,14,25H,4-5,8,10H2,1-3H3,(H,21,26). The fraction of sp³-hybridized carbons (Fsp3) is 0.579. The van der Waals surface area contributed by atoms with Crippen LogP contribution in [0.1, 0.15) is 61.3 Å². The molecule has 1 saturated carbocycles. The van der Waals surface area contributed by atoms with Gasteiger partial charge in [-0.05, 0) is 30.6 Å². The average Bonchev–Trinajstić information content (AvgIpc) is 3.05. The molecule has 4 rings (SSSR count). The lowest BCUT2D eigenvalue weighted by Crippen LogP contribution is -2.46. The second-order valence-electron chi connectivity index (χ2n) is 8.62. The van der Waals surface area contributed by atoms with Gasteiger partial charge >= 0.3 is 0 Å². The molecule has 8 nitrogen and oxygen atoms in total. The van der Waals surface area contributed by atoms with Gasteiger partial charge in [0.15, 0.2) is 11.9 Å². The summed E-state index contributed by atoms with van der Waals surface area (Å²) in [7, 11) is 0. The predicted molar refractivity (Wildman–Crippen MR) is 97.3 cm³/mol. The lowest BCUT2D eigenvalue weighted by molar-refractivity contribution is -0.605. The Bertz CT molecular complexity index is 886. The Morgan fingerprint density at radius 1 is 1.48 bits per heavy atom. The van der Waals surface area contributed by atoms with Crippen LogP contribution in [0.3, 0.4) is 0 Å². The third-order valence-corrected chi connectivity index (χ3v) is 5.89. The molecule has 0 saturated heterocycles. The molecule has 2 aromatic rings. The van der Waals surface area contributed by atoms with Gasteiger partial charge in [0.2, 0.25) is 12.0 Å². The minimum Gasteiger partial charge on any atom is -0.619 e. The van der Waals surface area contributed by atoms with Gasteiger partial charge < -0.3 is 15.6 Å². The summed E-state index contributed by atoms with van der Waals surface area (Å²) >= 11 is 0. The van der Waals surface area contributed by atoms with Crippen LogP contribution >= 0.6 is 0 Å². The molecule has 3 atom stereocenters. The van der Waals surface area contributed by atoms with Crippen LogP contribution < -0.4 is 10.0 Å². The van der Waals surface area contributed by atoms with Crippen molar-refractivity contribution in [1.29, 1.82) is 0 Å². The molecule has 2 aromatic heterocycles. The van der Waals surface area contributed by atoms with Gasteiger partial charge in [0.25, 0.3) is 5.91 Å². The van der Waals surface area contributed by atoms with E-state index in [1.54, 1.807) is 4.68 Å². The largest absolute Gasteiger partial charge is 0.619 e. The van der Waals surface area contributed by atoms with Gasteiger partial charge in [-0.3, -0.25) is 4.79 Å². The zero-order valence-electron chi connectivity index (χ0n) is 15.8. The Balaban J connectivity index is 1.73. The van der Waals surface area contributed by atoms with Crippen molar-refractivity contribution in [3.63, 3.8) is 0 Å². The molecular formula is C19H25N5O3. The van der Waals surface area contributed by atoms with E-state index in [0.717, 1.165) is 30.5 Å². The smallest absolute Gasteiger partial charge is 0.272 e. The molecule has 0 aromatic carbocycles. The number of fused-ring (bicyclic) bond motifs is 3. The highest BCUT2D eigenvalue weighted by atomic mass is 16.5. The molecule has 0 aliphatic heterocycles. The van der Waals surface area contributed by atoms with Gasteiger partial charge in [-0.25, -0.2) is 9.67 Å². The van der Waals surface area contributed by atoms with Gasteiger partial charge in [-0.1, -0.05) is 20.8 Å². The summed E-state index contributed by atoms with van der Waals surface area (Å²) in [4.78, 5) is 17.2. The minimum atomic E-state index is -0.373. The first-order chi connectivity index (χ1) is 12.8. The van der Waals surface area contributed by atoms with Crippen LogP contribution in [0.2, 0.25) is 0 Å². The van der Waals surface area contributed by atoms with E-state index >= 15 is 0 Å². The molecule has 0 bridgehead atoms. The molecule has 2 N–H and O–H groups in total. The van der Waals surface area contributed by atoms with Crippen LogP contribution in [0.15, 0.2) is 18.6 Å². The molecule has 144 valence electrons. The molecule has 0 radical (unpaired) electrons. The molecular weight excluding hydrogens is 346 g/mol. The van der Waals surface area contributed by atoms with E-state index in [9.17, 15) is 15.1 Å². The minimum absolute atomic E-state index is 0.139. The lowest BCUT2D eigenvalue weighted by Gasteiger charge is -2.31. The van der Waals surface area contributed by atoms with Gasteiger partial charge in [0.05, 0.1) is 24.5 Å². The Hall–Kier alpha value is -2.48. The normalized spacial score (nSPS) is 21.9. The fourth-order valence-electron chi connectivity index (χ4n) is 4.08. The summed E-state index contributed by atoms with van der Waals surface area (Å²) in [6.45, 7) is 5.77. The number of hydrogen-bond acceptors (Lipinski definition) is 5. The van der Waals surface area contributed by atoms with Crippen molar-refractivity contribution in [3.8, 4) is 5.82 Å². The molecule has 1 fully saturated rings. The second-order valence-corrected chi connectivity index (χ2v) is 8.62. The maximum Gasteiger partial charge on any atom is 0.272 e. The molecule has 1 amide bonds.